The highest BCUT2D eigenvalue weighted by atomic mass is 16.5. The van der Waals surface area contributed by atoms with E-state index in [9.17, 15) is 4.79 Å². The van der Waals surface area contributed by atoms with Crippen LogP contribution < -0.4 is 19.7 Å². The van der Waals surface area contributed by atoms with Crippen molar-refractivity contribution in [3.63, 3.8) is 0 Å². The first kappa shape index (κ1) is 22.8. The fourth-order valence-corrected chi connectivity index (χ4v) is 4.44. The number of nitrogens with one attached hydrogen (secondary N) is 1. The van der Waals surface area contributed by atoms with Crippen LogP contribution in [0.25, 0.3) is 0 Å². The molecule has 1 amide bonds. The van der Waals surface area contributed by atoms with Crippen LogP contribution in [0.4, 0.5) is 5.69 Å². The SMILES string of the molecule is COc1cc(OC)cc(N(CC2CCC(=O)N2)C2=CCC3(C)N=CC(c4cnn(C)c4)=NC3=N2)c1. The molecule has 1 saturated heterocycles. The summed E-state index contributed by atoms with van der Waals surface area (Å²) in [5.74, 6) is 2.81. The molecule has 1 fully saturated rings. The van der Waals surface area contributed by atoms with E-state index in [1.54, 1.807) is 31.3 Å². The number of hydrogen-bond donors (Lipinski definition) is 1. The number of amides is 1. The molecule has 0 bridgehead atoms. The lowest BCUT2D eigenvalue weighted by Gasteiger charge is -2.34. The van der Waals surface area contributed by atoms with Gasteiger partial charge in [-0.05, 0) is 19.4 Å². The second-order valence-electron chi connectivity index (χ2n) is 9.12. The van der Waals surface area contributed by atoms with Crippen molar-refractivity contribution in [2.24, 2.45) is 22.0 Å². The number of anilines is 1. The summed E-state index contributed by atoms with van der Waals surface area (Å²) in [4.78, 5) is 28.7. The number of aliphatic imine (C=N–C) groups is 3. The number of ether oxygens (including phenoxy) is 2. The van der Waals surface area contributed by atoms with Crippen molar-refractivity contribution in [1.82, 2.24) is 15.1 Å². The Morgan fingerprint density at radius 3 is 2.60 bits per heavy atom. The van der Waals surface area contributed by atoms with E-state index in [0.29, 0.717) is 36.7 Å². The topological polar surface area (TPSA) is 106 Å². The number of amidine groups is 1. The van der Waals surface area contributed by atoms with Gasteiger partial charge in [0.05, 0.1) is 26.1 Å². The standard InChI is InChI=1S/C25H29N7O3/c1-25-8-7-22(30-24(25)29-21(13-26-25)16-12-27-31(2)14-16)32(15-17-5-6-23(33)28-17)18-9-19(34-3)11-20(10-18)35-4/h7,9-14,17H,5-6,8,15H2,1-4H3,(H,28,33). The molecule has 2 aromatic rings. The van der Waals surface area contributed by atoms with Gasteiger partial charge in [-0.2, -0.15) is 5.10 Å². The molecule has 0 aliphatic carbocycles. The van der Waals surface area contributed by atoms with Gasteiger partial charge in [0.25, 0.3) is 0 Å². The molecule has 3 aliphatic heterocycles. The monoisotopic (exact) mass is 475 g/mol. The van der Waals surface area contributed by atoms with Gasteiger partial charge in [-0.15, -0.1) is 0 Å². The van der Waals surface area contributed by atoms with Crippen molar-refractivity contribution >= 4 is 29.4 Å². The summed E-state index contributed by atoms with van der Waals surface area (Å²) in [6.07, 6.45) is 9.50. The lowest BCUT2D eigenvalue weighted by molar-refractivity contribution is -0.119. The average molecular weight is 476 g/mol. The number of aromatic nitrogens is 2. The molecule has 0 radical (unpaired) electrons. The molecule has 10 heteroatoms. The Kier molecular flexibility index (Phi) is 5.88. The predicted octanol–water partition coefficient (Wildman–Crippen LogP) is 2.50. The van der Waals surface area contributed by atoms with Crippen LogP contribution in [0.5, 0.6) is 11.5 Å². The van der Waals surface area contributed by atoms with E-state index in [1.807, 2.05) is 38.4 Å². The van der Waals surface area contributed by atoms with Crippen LogP contribution in [0.3, 0.4) is 0 Å². The van der Waals surface area contributed by atoms with Gasteiger partial charge in [0.2, 0.25) is 5.91 Å². The minimum Gasteiger partial charge on any atom is -0.497 e. The third kappa shape index (κ3) is 4.55. The normalized spacial score (nSPS) is 23.1. The Hall–Kier alpha value is -3.95. The van der Waals surface area contributed by atoms with Crippen LogP contribution in [0.2, 0.25) is 0 Å². The van der Waals surface area contributed by atoms with Crippen molar-refractivity contribution in [2.45, 2.75) is 37.8 Å². The van der Waals surface area contributed by atoms with Gasteiger partial charge in [-0.25, -0.2) is 9.98 Å². The third-order valence-corrected chi connectivity index (χ3v) is 6.50. The van der Waals surface area contributed by atoms with E-state index >= 15 is 0 Å². The number of carbonyl (C=O) groups excluding carboxylic acids is 1. The van der Waals surface area contributed by atoms with Crippen molar-refractivity contribution in [3.05, 3.63) is 48.1 Å². The van der Waals surface area contributed by atoms with Gasteiger partial charge < -0.3 is 19.7 Å². The van der Waals surface area contributed by atoms with Crippen LogP contribution in [0.15, 0.2) is 57.5 Å². The summed E-state index contributed by atoms with van der Waals surface area (Å²) in [5.41, 5.74) is 1.94. The molecule has 1 N–H and O–H groups in total. The number of aryl methyl sites for hydroxylation is 1. The minimum atomic E-state index is -0.533. The quantitative estimate of drug-likeness (QED) is 0.662. The molecule has 5 rings (SSSR count). The first-order valence-electron chi connectivity index (χ1n) is 11.6. The van der Waals surface area contributed by atoms with Gasteiger partial charge in [0, 0.05) is 74.3 Å². The summed E-state index contributed by atoms with van der Waals surface area (Å²) in [5, 5.41) is 7.31. The fourth-order valence-electron chi connectivity index (χ4n) is 4.44. The molecule has 4 heterocycles. The van der Waals surface area contributed by atoms with E-state index < -0.39 is 5.54 Å². The van der Waals surface area contributed by atoms with E-state index in [1.165, 1.54) is 0 Å². The highest BCUT2D eigenvalue weighted by molar-refractivity contribution is 6.41. The van der Waals surface area contributed by atoms with Crippen LogP contribution >= 0.6 is 0 Å². The van der Waals surface area contributed by atoms with Crippen molar-refractivity contribution in [3.8, 4) is 11.5 Å². The largest absolute Gasteiger partial charge is 0.497 e. The predicted molar refractivity (Wildman–Crippen MR) is 135 cm³/mol. The zero-order chi connectivity index (χ0) is 24.6. The smallest absolute Gasteiger partial charge is 0.220 e. The van der Waals surface area contributed by atoms with Gasteiger partial charge in [-0.3, -0.25) is 14.5 Å². The van der Waals surface area contributed by atoms with Crippen molar-refractivity contribution in [2.75, 3.05) is 25.7 Å². The zero-order valence-electron chi connectivity index (χ0n) is 20.4. The number of fused-ring (bicyclic) bond motifs is 1. The first-order chi connectivity index (χ1) is 16.9. The van der Waals surface area contributed by atoms with Gasteiger partial charge >= 0.3 is 0 Å². The van der Waals surface area contributed by atoms with Crippen molar-refractivity contribution < 1.29 is 14.3 Å². The summed E-state index contributed by atoms with van der Waals surface area (Å²) in [7, 11) is 5.12. The highest BCUT2D eigenvalue weighted by Gasteiger charge is 2.36. The van der Waals surface area contributed by atoms with Crippen LogP contribution in [0, 0.1) is 0 Å². The molecule has 1 aromatic heterocycles. The number of rotatable bonds is 7. The number of methoxy groups -OCH3 is 2. The number of carbonyl (C=O) groups is 1. The average Bonchev–Trinajstić information content (AvgIpc) is 3.49. The second-order valence-corrected chi connectivity index (χ2v) is 9.12. The number of nitrogens with zero attached hydrogens (tertiary/aromatic N) is 6. The van der Waals surface area contributed by atoms with Crippen LogP contribution in [-0.4, -0.2) is 65.8 Å². The molecule has 182 valence electrons. The summed E-state index contributed by atoms with van der Waals surface area (Å²) >= 11 is 0. The lowest BCUT2D eigenvalue weighted by Crippen LogP contribution is -2.42. The highest BCUT2D eigenvalue weighted by Crippen LogP contribution is 2.35. The Morgan fingerprint density at radius 1 is 1.20 bits per heavy atom. The van der Waals surface area contributed by atoms with E-state index in [2.05, 4.69) is 21.4 Å². The Morgan fingerprint density at radius 2 is 1.97 bits per heavy atom. The first-order valence-corrected chi connectivity index (χ1v) is 11.6. The van der Waals surface area contributed by atoms with E-state index in [-0.39, 0.29) is 11.9 Å². The maximum Gasteiger partial charge on any atom is 0.220 e. The zero-order valence-corrected chi connectivity index (χ0v) is 20.4. The number of hydrogen-bond acceptors (Lipinski definition) is 8. The van der Waals surface area contributed by atoms with Crippen molar-refractivity contribution in [1.29, 1.82) is 0 Å². The Bertz CT molecular complexity index is 1250. The van der Waals surface area contributed by atoms with E-state index in [0.717, 1.165) is 29.2 Å². The summed E-state index contributed by atoms with van der Waals surface area (Å²) in [6, 6.07) is 5.72. The van der Waals surface area contributed by atoms with Gasteiger partial charge in [0.1, 0.15) is 22.9 Å². The molecule has 2 unspecified atom stereocenters. The fraction of sp³-hybridized carbons (Fsp3) is 0.400. The molecular formula is C25H29N7O3. The molecule has 0 spiro atoms. The van der Waals surface area contributed by atoms with E-state index in [4.69, 9.17) is 24.5 Å². The molecule has 10 nitrogen and oxygen atoms in total. The van der Waals surface area contributed by atoms with Gasteiger partial charge in [0.15, 0.2) is 5.84 Å². The second kappa shape index (κ2) is 9.01. The molecule has 2 atom stereocenters. The third-order valence-electron chi connectivity index (χ3n) is 6.50. The Labute approximate surface area is 204 Å². The maximum absolute atomic E-state index is 11.9. The van der Waals surface area contributed by atoms with Gasteiger partial charge in [-0.1, -0.05) is 0 Å². The van der Waals surface area contributed by atoms with Crippen LogP contribution in [-0.2, 0) is 11.8 Å². The molecule has 1 aromatic carbocycles. The molecule has 0 saturated carbocycles. The lowest BCUT2D eigenvalue weighted by atomic mass is 9.93. The maximum atomic E-state index is 11.9. The summed E-state index contributed by atoms with van der Waals surface area (Å²) in [6.45, 7) is 2.60. The summed E-state index contributed by atoms with van der Waals surface area (Å²) < 4.78 is 12.8. The molecule has 3 aliphatic rings. The minimum absolute atomic E-state index is 0.00735. The Balaban J connectivity index is 1.54. The molecular weight excluding hydrogens is 446 g/mol. The van der Waals surface area contributed by atoms with Crippen LogP contribution in [0.1, 0.15) is 31.7 Å². The molecule has 35 heavy (non-hydrogen) atoms. The number of benzene rings is 1.